The van der Waals surface area contributed by atoms with Crippen LogP contribution in [0, 0.1) is 0 Å². The maximum absolute atomic E-state index is 11.3. The summed E-state index contributed by atoms with van der Waals surface area (Å²) in [6.07, 6.45) is 0.609. The molecule has 0 fully saturated rings. The van der Waals surface area contributed by atoms with Crippen molar-refractivity contribution in [3.05, 3.63) is 34.8 Å². The maximum Gasteiger partial charge on any atom is 0.411 e. The Kier molecular flexibility index (Phi) is 4.73. The number of carbonyl (C=O) groups is 2. The molecule has 0 atom stereocenters. The second-order valence-electron chi connectivity index (χ2n) is 3.17. The van der Waals surface area contributed by atoms with Gasteiger partial charge in [0.25, 0.3) is 0 Å². The summed E-state index contributed by atoms with van der Waals surface area (Å²) in [6, 6.07) is 2.26. The normalized spacial score (nSPS) is 9.61. The first-order valence-electron chi connectivity index (χ1n) is 4.76. The fraction of sp³-hybridized carbons (Fsp3) is 0.0909. The highest BCUT2D eigenvalue weighted by Gasteiger charge is 2.16. The third-order valence-corrected chi connectivity index (χ3v) is 2.71. The van der Waals surface area contributed by atoms with Crippen LogP contribution in [0.25, 0.3) is 0 Å². The van der Waals surface area contributed by atoms with E-state index in [1.165, 1.54) is 12.1 Å². The lowest BCUT2D eigenvalue weighted by molar-refractivity contribution is 0.0695. The summed E-state index contributed by atoms with van der Waals surface area (Å²) in [4.78, 5) is 22.2. The fourth-order valence-electron chi connectivity index (χ4n) is 1.14. The van der Waals surface area contributed by atoms with Gasteiger partial charge in [-0.15, -0.1) is 0 Å². The molecule has 1 amide bonds. The molecule has 1 rings (SSSR count). The molecule has 1 aromatic rings. The number of amides is 1. The van der Waals surface area contributed by atoms with Gasteiger partial charge in [-0.05, 0) is 22.0 Å². The summed E-state index contributed by atoms with van der Waals surface area (Å²) in [5.74, 6) is -1.52. The van der Waals surface area contributed by atoms with Crippen LogP contribution < -0.4 is 5.32 Å². The van der Waals surface area contributed by atoms with Crippen molar-refractivity contribution in [2.75, 3.05) is 11.9 Å². The van der Waals surface area contributed by atoms with Gasteiger partial charge in [-0.25, -0.2) is 9.59 Å². The molecule has 0 unspecified atom stereocenters. The van der Waals surface area contributed by atoms with Crippen LogP contribution in [0.15, 0.2) is 29.3 Å². The summed E-state index contributed by atoms with van der Waals surface area (Å²) >= 11 is 3.03. The molecular formula is C11H10BrNO5. The van der Waals surface area contributed by atoms with E-state index in [1.54, 1.807) is 0 Å². The van der Waals surface area contributed by atoms with Crippen molar-refractivity contribution in [1.82, 2.24) is 0 Å². The zero-order chi connectivity index (χ0) is 13.7. The molecule has 0 heterocycles. The third kappa shape index (κ3) is 3.49. The number of benzene rings is 1. The molecule has 1 aromatic carbocycles. The number of aromatic hydroxyl groups is 1. The van der Waals surface area contributed by atoms with Gasteiger partial charge in [0.2, 0.25) is 0 Å². The number of hydrogen-bond donors (Lipinski definition) is 3. The number of carbonyl (C=O) groups excluding carboxylic acids is 1. The van der Waals surface area contributed by atoms with Gasteiger partial charge in [0.05, 0.1) is 15.7 Å². The summed E-state index contributed by atoms with van der Waals surface area (Å²) in [7, 11) is 0. The Bertz CT molecular complexity index is 500. The van der Waals surface area contributed by atoms with Crippen molar-refractivity contribution in [3.8, 4) is 5.75 Å². The minimum Gasteiger partial charge on any atom is -0.508 e. The van der Waals surface area contributed by atoms with Crippen molar-refractivity contribution in [2.45, 2.75) is 0 Å². The molecule has 0 aliphatic heterocycles. The lowest BCUT2D eigenvalue weighted by Crippen LogP contribution is -2.14. The number of phenols is 1. The summed E-state index contributed by atoms with van der Waals surface area (Å²) in [6.45, 7) is 3.40. The van der Waals surface area contributed by atoms with Gasteiger partial charge in [0.1, 0.15) is 12.4 Å². The van der Waals surface area contributed by atoms with Crippen molar-refractivity contribution in [3.63, 3.8) is 0 Å². The number of ether oxygens (including phenoxy) is 1. The number of halogens is 1. The third-order valence-electron chi connectivity index (χ3n) is 1.86. The van der Waals surface area contributed by atoms with Crippen molar-refractivity contribution < 1.29 is 24.5 Å². The first kappa shape index (κ1) is 14.0. The Balaban J connectivity index is 2.98. The Labute approximate surface area is 111 Å². The lowest BCUT2D eigenvalue weighted by atomic mass is 10.2. The van der Waals surface area contributed by atoms with E-state index in [4.69, 9.17) is 5.11 Å². The molecule has 0 aliphatic carbocycles. The summed E-state index contributed by atoms with van der Waals surface area (Å²) < 4.78 is 4.81. The molecule has 6 nitrogen and oxygen atoms in total. The molecule has 0 aromatic heterocycles. The average molecular weight is 316 g/mol. The molecule has 0 spiro atoms. The molecule has 0 bridgehead atoms. The first-order valence-corrected chi connectivity index (χ1v) is 5.55. The minimum absolute atomic E-state index is 0.0219. The zero-order valence-electron chi connectivity index (χ0n) is 9.14. The number of rotatable bonds is 4. The Morgan fingerprint density at radius 1 is 1.50 bits per heavy atom. The van der Waals surface area contributed by atoms with E-state index in [-0.39, 0.29) is 28.1 Å². The fourth-order valence-corrected chi connectivity index (χ4v) is 1.63. The number of carboxylic acid groups (broad SMARTS) is 1. The van der Waals surface area contributed by atoms with Gasteiger partial charge >= 0.3 is 12.1 Å². The predicted molar refractivity (Wildman–Crippen MR) is 67.9 cm³/mol. The molecule has 0 radical (unpaired) electrons. The molecule has 0 aliphatic rings. The smallest absolute Gasteiger partial charge is 0.411 e. The molecule has 0 saturated heterocycles. The van der Waals surface area contributed by atoms with Crippen molar-refractivity contribution >= 4 is 33.7 Å². The first-order chi connectivity index (χ1) is 8.45. The van der Waals surface area contributed by atoms with Gasteiger partial charge in [-0.1, -0.05) is 12.7 Å². The minimum atomic E-state index is -1.24. The highest BCUT2D eigenvalue weighted by atomic mass is 79.9. The average Bonchev–Trinajstić information content (AvgIpc) is 2.30. The van der Waals surface area contributed by atoms with Crippen LogP contribution in [0.4, 0.5) is 10.5 Å². The van der Waals surface area contributed by atoms with E-state index < -0.39 is 12.1 Å². The second-order valence-corrected chi connectivity index (χ2v) is 3.97. The number of carboxylic acids is 1. The highest BCUT2D eigenvalue weighted by Crippen LogP contribution is 2.31. The Hall–Kier alpha value is -2.02. The maximum atomic E-state index is 11.3. The number of aromatic carboxylic acids is 1. The summed E-state index contributed by atoms with van der Waals surface area (Å²) in [5, 5.41) is 20.6. The van der Waals surface area contributed by atoms with Gasteiger partial charge in [-0.2, -0.15) is 0 Å². The van der Waals surface area contributed by atoms with E-state index in [0.29, 0.717) is 0 Å². The number of hydrogen-bond acceptors (Lipinski definition) is 4. The van der Waals surface area contributed by atoms with Crippen LogP contribution in [0.1, 0.15) is 10.4 Å². The quantitative estimate of drug-likeness (QED) is 0.742. The van der Waals surface area contributed by atoms with Gasteiger partial charge in [0, 0.05) is 6.07 Å². The standard InChI is InChI=1S/C11H10BrNO5/c1-2-3-18-11(17)13-8-5-6(14)4-7(9(8)12)10(15)16/h2,4-5,14H,1,3H2,(H,13,17)(H,15,16). The van der Waals surface area contributed by atoms with Gasteiger partial charge in [0.15, 0.2) is 0 Å². The number of phenolic OH excluding ortho intramolecular Hbond substituents is 1. The largest absolute Gasteiger partial charge is 0.508 e. The molecule has 7 heteroatoms. The zero-order valence-corrected chi connectivity index (χ0v) is 10.7. The number of anilines is 1. The van der Waals surface area contributed by atoms with Crippen LogP contribution in [0.5, 0.6) is 5.75 Å². The molecule has 3 N–H and O–H groups in total. The molecule has 18 heavy (non-hydrogen) atoms. The molecule has 0 saturated carbocycles. The van der Waals surface area contributed by atoms with E-state index in [9.17, 15) is 14.7 Å². The van der Waals surface area contributed by atoms with Crippen LogP contribution in [0.3, 0.4) is 0 Å². The summed E-state index contributed by atoms with van der Waals surface area (Å²) in [5.41, 5.74) is -0.0736. The predicted octanol–water partition coefficient (Wildman–Crippen LogP) is 2.59. The highest BCUT2D eigenvalue weighted by molar-refractivity contribution is 9.10. The van der Waals surface area contributed by atoms with Crippen LogP contribution >= 0.6 is 15.9 Å². The Morgan fingerprint density at radius 3 is 2.72 bits per heavy atom. The van der Waals surface area contributed by atoms with Crippen LogP contribution in [-0.4, -0.2) is 28.9 Å². The van der Waals surface area contributed by atoms with Crippen molar-refractivity contribution in [1.29, 1.82) is 0 Å². The van der Waals surface area contributed by atoms with Crippen LogP contribution in [0.2, 0.25) is 0 Å². The lowest BCUT2D eigenvalue weighted by Gasteiger charge is -2.10. The SMILES string of the molecule is C=CCOC(=O)Nc1cc(O)cc(C(=O)O)c1Br. The topological polar surface area (TPSA) is 95.9 Å². The van der Waals surface area contributed by atoms with E-state index in [2.05, 4.69) is 32.6 Å². The number of nitrogens with one attached hydrogen (secondary N) is 1. The van der Waals surface area contributed by atoms with Gasteiger partial charge < -0.3 is 14.9 Å². The molecular weight excluding hydrogens is 306 g/mol. The molecule has 96 valence electrons. The second kappa shape index (κ2) is 6.06. The Morgan fingerprint density at radius 2 is 2.17 bits per heavy atom. The van der Waals surface area contributed by atoms with Gasteiger partial charge in [-0.3, -0.25) is 5.32 Å². The van der Waals surface area contributed by atoms with Crippen molar-refractivity contribution in [2.24, 2.45) is 0 Å². The monoisotopic (exact) mass is 315 g/mol. The van der Waals surface area contributed by atoms with E-state index in [0.717, 1.165) is 6.07 Å². The van der Waals surface area contributed by atoms with Crippen LogP contribution in [-0.2, 0) is 4.74 Å². The van der Waals surface area contributed by atoms with E-state index >= 15 is 0 Å². The van der Waals surface area contributed by atoms with E-state index in [1.807, 2.05) is 0 Å².